The Morgan fingerprint density at radius 3 is 2.78 bits per heavy atom. The van der Waals surface area contributed by atoms with E-state index in [1.807, 2.05) is 0 Å². The van der Waals surface area contributed by atoms with Gasteiger partial charge in [0.2, 0.25) is 0 Å². The zero-order valence-corrected chi connectivity index (χ0v) is 11.3. The van der Waals surface area contributed by atoms with Gasteiger partial charge in [0.25, 0.3) is 0 Å². The molecule has 0 amide bonds. The molecule has 0 spiro atoms. The average Bonchev–Trinajstić information content (AvgIpc) is 2.41. The fourth-order valence-electron chi connectivity index (χ4n) is 2.26. The van der Waals surface area contributed by atoms with Gasteiger partial charge in [-0.2, -0.15) is 0 Å². The van der Waals surface area contributed by atoms with E-state index in [1.165, 1.54) is 17.5 Å². The molecule has 0 saturated carbocycles. The number of rotatable bonds is 6. The van der Waals surface area contributed by atoms with E-state index in [4.69, 9.17) is 4.74 Å². The quantitative estimate of drug-likeness (QED) is 0.780. The van der Waals surface area contributed by atoms with Gasteiger partial charge in [-0.25, -0.2) is 0 Å². The van der Waals surface area contributed by atoms with E-state index in [-0.39, 0.29) is 0 Å². The predicted octanol–water partition coefficient (Wildman–Crippen LogP) is 2.02. The third-order valence-electron chi connectivity index (χ3n) is 3.26. The standard InChI is InChI=1S/C15H24N2O/c1-2-6-16-12-14-4-3-5-15(11-14)13-17-7-9-18-10-8-17/h3-5,11,16H,2,6-10,12-13H2,1H3. The molecule has 0 aromatic heterocycles. The maximum absolute atomic E-state index is 5.37. The molecule has 3 heteroatoms. The second-order valence-corrected chi connectivity index (χ2v) is 4.89. The molecular weight excluding hydrogens is 224 g/mol. The van der Waals surface area contributed by atoms with Gasteiger partial charge in [0.1, 0.15) is 0 Å². The maximum atomic E-state index is 5.37. The van der Waals surface area contributed by atoms with Gasteiger partial charge in [0.05, 0.1) is 13.2 Å². The van der Waals surface area contributed by atoms with Crippen molar-refractivity contribution in [2.75, 3.05) is 32.8 Å². The lowest BCUT2D eigenvalue weighted by Gasteiger charge is -2.26. The summed E-state index contributed by atoms with van der Waals surface area (Å²) in [5.74, 6) is 0. The molecule has 2 rings (SSSR count). The van der Waals surface area contributed by atoms with Crippen LogP contribution in [0.25, 0.3) is 0 Å². The summed E-state index contributed by atoms with van der Waals surface area (Å²) in [5.41, 5.74) is 2.79. The highest BCUT2D eigenvalue weighted by atomic mass is 16.5. The highest BCUT2D eigenvalue weighted by Crippen LogP contribution is 2.09. The van der Waals surface area contributed by atoms with Crippen LogP contribution in [0.1, 0.15) is 24.5 Å². The van der Waals surface area contributed by atoms with Crippen LogP contribution >= 0.6 is 0 Å². The van der Waals surface area contributed by atoms with Crippen molar-refractivity contribution in [2.24, 2.45) is 0 Å². The summed E-state index contributed by atoms with van der Waals surface area (Å²) in [6.07, 6.45) is 1.19. The fourth-order valence-corrected chi connectivity index (χ4v) is 2.26. The number of hydrogen-bond donors (Lipinski definition) is 1. The van der Waals surface area contributed by atoms with Crippen LogP contribution in [-0.2, 0) is 17.8 Å². The van der Waals surface area contributed by atoms with Crippen LogP contribution in [0.5, 0.6) is 0 Å². The largest absolute Gasteiger partial charge is 0.379 e. The van der Waals surface area contributed by atoms with Gasteiger partial charge in [0.15, 0.2) is 0 Å². The van der Waals surface area contributed by atoms with E-state index < -0.39 is 0 Å². The minimum atomic E-state index is 0.873. The second kappa shape index (κ2) is 7.52. The van der Waals surface area contributed by atoms with Crippen LogP contribution < -0.4 is 5.32 Å². The number of nitrogens with zero attached hydrogens (tertiary/aromatic N) is 1. The molecule has 18 heavy (non-hydrogen) atoms. The minimum Gasteiger partial charge on any atom is -0.379 e. The summed E-state index contributed by atoms with van der Waals surface area (Å²) >= 11 is 0. The molecular formula is C15H24N2O. The molecule has 0 bridgehead atoms. The van der Waals surface area contributed by atoms with Crippen molar-refractivity contribution in [1.29, 1.82) is 0 Å². The first-order chi connectivity index (χ1) is 8.88. The number of benzene rings is 1. The summed E-state index contributed by atoms with van der Waals surface area (Å²) in [4.78, 5) is 2.46. The molecule has 0 aliphatic carbocycles. The van der Waals surface area contributed by atoms with Gasteiger partial charge in [-0.1, -0.05) is 31.2 Å². The summed E-state index contributed by atoms with van der Waals surface area (Å²) in [7, 11) is 0. The summed E-state index contributed by atoms with van der Waals surface area (Å²) < 4.78 is 5.37. The van der Waals surface area contributed by atoms with E-state index >= 15 is 0 Å². The van der Waals surface area contributed by atoms with Crippen LogP contribution in [0.4, 0.5) is 0 Å². The molecule has 1 aliphatic heterocycles. The Hall–Kier alpha value is -0.900. The van der Waals surface area contributed by atoms with Crippen LogP contribution in [0.15, 0.2) is 24.3 Å². The van der Waals surface area contributed by atoms with Crippen molar-refractivity contribution in [3.63, 3.8) is 0 Å². The molecule has 1 heterocycles. The molecule has 1 aromatic carbocycles. The monoisotopic (exact) mass is 248 g/mol. The Bertz CT molecular complexity index is 348. The van der Waals surface area contributed by atoms with Crippen molar-refractivity contribution in [1.82, 2.24) is 10.2 Å². The van der Waals surface area contributed by atoms with Crippen molar-refractivity contribution in [2.45, 2.75) is 26.4 Å². The molecule has 1 N–H and O–H groups in total. The Balaban J connectivity index is 1.85. The zero-order valence-electron chi connectivity index (χ0n) is 11.3. The highest BCUT2D eigenvalue weighted by Gasteiger charge is 2.10. The van der Waals surface area contributed by atoms with Gasteiger partial charge < -0.3 is 10.1 Å². The number of ether oxygens (including phenoxy) is 1. The van der Waals surface area contributed by atoms with E-state index in [2.05, 4.69) is 41.4 Å². The van der Waals surface area contributed by atoms with Gasteiger partial charge in [-0.15, -0.1) is 0 Å². The van der Waals surface area contributed by atoms with Crippen LogP contribution in [0.2, 0.25) is 0 Å². The van der Waals surface area contributed by atoms with Crippen molar-refractivity contribution >= 4 is 0 Å². The molecule has 0 atom stereocenters. The maximum Gasteiger partial charge on any atom is 0.0594 e. The third kappa shape index (κ3) is 4.41. The van der Waals surface area contributed by atoms with Crippen LogP contribution in [0, 0.1) is 0 Å². The van der Waals surface area contributed by atoms with Gasteiger partial charge in [-0.05, 0) is 24.1 Å². The van der Waals surface area contributed by atoms with Crippen LogP contribution in [-0.4, -0.2) is 37.7 Å². The molecule has 1 fully saturated rings. The first-order valence-corrected chi connectivity index (χ1v) is 6.97. The first-order valence-electron chi connectivity index (χ1n) is 6.97. The van der Waals surface area contributed by atoms with E-state index in [0.29, 0.717) is 0 Å². The van der Waals surface area contributed by atoms with E-state index in [9.17, 15) is 0 Å². The Kier molecular flexibility index (Phi) is 5.65. The molecule has 1 saturated heterocycles. The lowest BCUT2D eigenvalue weighted by molar-refractivity contribution is 0.0342. The molecule has 3 nitrogen and oxygen atoms in total. The molecule has 100 valence electrons. The zero-order chi connectivity index (χ0) is 12.6. The average molecular weight is 248 g/mol. The summed E-state index contributed by atoms with van der Waals surface area (Å²) in [6, 6.07) is 8.90. The lowest BCUT2D eigenvalue weighted by Crippen LogP contribution is -2.35. The summed E-state index contributed by atoms with van der Waals surface area (Å²) in [6.45, 7) is 9.16. The van der Waals surface area contributed by atoms with Crippen molar-refractivity contribution in [3.05, 3.63) is 35.4 Å². The number of hydrogen-bond acceptors (Lipinski definition) is 3. The molecule has 1 aliphatic rings. The van der Waals surface area contributed by atoms with E-state index in [1.54, 1.807) is 0 Å². The van der Waals surface area contributed by atoms with Crippen molar-refractivity contribution < 1.29 is 4.74 Å². The smallest absolute Gasteiger partial charge is 0.0594 e. The van der Waals surface area contributed by atoms with Crippen molar-refractivity contribution in [3.8, 4) is 0 Å². The van der Waals surface area contributed by atoms with Gasteiger partial charge in [-0.3, -0.25) is 4.90 Å². The number of morpholine rings is 1. The first kappa shape index (κ1) is 13.5. The minimum absolute atomic E-state index is 0.873. The molecule has 0 radical (unpaired) electrons. The molecule has 1 aromatic rings. The predicted molar refractivity (Wildman–Crippen MR) is 74.5 cm³/mol. The third-order valence-corrected chi connectivity index (χ3v) is 3.26. The number of nitrogens with one attached hydrogen (secondary N) is 1. The van der Waals surface area contributed by atoms with Gasteiger partial charge >= 0.3 is 0 Å². The Morgan fingerprint density at radius 1 is 1.22 bits per heavy atom. The fraction of sp³-hybridized carbons (Fsp3) is 0.600. The normalized spacial score (nSPS) is 16.9. The Labute approximate surface area is 110 Å². The second-order valence-electron chi connectivity index (χ2n) is 4.89. The summed E-state index contributed by atoms with van der Waals surface area (Å²) in [5, 5.41) is 3.45. The topological polar surface area (TPSA) is 24.5 Å². The Morgan fingerprint density at radius 2 is 2.00 bits per heavy atom. The van der Waals surface area contributed by atoms with Crippen LogP contribution in [0.3, 0.4) is 0 Å². The molecule has 0 unspecified atom stereocenters. The lowest BCUT2D eigenvalue weighted by atomic mass is 10.1. The van der Waals surface area contributed by atoms with E-state index in [0.717, 1.165) is 45.9 Å². The SMILES string of the molecule is CCCNCc1cccc(CN2CCOCC2)c1. The highest BCUT2D eigenvalue weighted by molar-refractivity contribution is 5.23. The van der Waals surface area contributed by atoms with Gasteiger partial charge in [0, 0.05) is 26.2 Å².